The summed E-state index contributed by atoms with van der Waals surface area (Å²) < 4.78 is 4.76. The van der Waals surface area contributed by atoms with Gasteiger partial charge in [0.2, 0.25) is 0 Å². The predicted octanol–water partition coefficient (Wildman–Crippen LogP) is 0.829. The monoisotopic (exact) mass is 154 g/mol. The summed E-state index contributed by atoms with van der Waals surface area (Å²) in [5.74, 6) is 1.58. The first-order valence-electron chi connectivity index (χ1n) is 3.83. The summed E-state index contributed by atoms with van der Waals surface area (Å²) in [7, 11) is 0. The predicted molar refractivity (Wildman–Crippen MR) is 36.8 cm³/mol. The highest BCUT2D eigenvalue weighted by Crippen LogP contribution is 2.34. The van der Waals surface area contributed by atoms with Crippen molar-refractivity contribution in [1.82, 2.24) is 10.1 Å². The zero-order valence-corrected chi connectivity index (χ0v) is 6.16. The van der Waals surface area contributed by atoms with Crippen molar-refractivity contribution in [2.75, 3.05) is 0 Å². The number of aliphatic hydroxyl groups is 1. The minimum atomic E-state index is -0.153. The SMILES string of the molecule is OCc1nc(C2CCC2)no1. The summed E-state index contributed by atoms with van der Waals surface area (Å²) in [6, 6.07) is 0. The minimum absolute atomic E-state index is 0.153. The number of aromatic nitrogens is 2. The molecule has 0 amide bonds. The van der Waals surface area contributed by atoms with Gasteiger partial charge in [-0.3, -0.25) is 0 Å². The molecule has 1 aliphatic rings. The van der Waals surface area contributed by atoms with Crippen LogP contribution in [0.1, 0.15) is 36.9 Å². The summed E-state index contributed by atoms with van der Waals surface area (Å²) in [6.45, 7) is -0.153. The van der Waals surface area contributed by atoms with Gasteiger partial charge in [0.15, 0.2) is 5.82 Å². The van der Waals surface area contributed by atoms with Crippen LogP contribution in [-0.4, -0.2) is 15.2 Å². The molecule has 4 heteroatoms. The van der Waals surface area contributed by atoms with Crippen LogP contribution >= 0.6 is 0 Å². The molecule has 1 aliphatic carbocycles. The fourth-order valence-corrected chi connectivity index (χ4v) is 1.16. The van der Waals surface area contributed by atoms with Crippen LogP contribution in [-0.2, 0) is 6.61 Å². The Balaban J connectivity index is 2.11. The molecule has 1 aromatic rings. The van der Waals surface area contributed by atoms with E-state index < -0.39 is 0 Å². The normalized spacial score (nSPS) is 18.3. The van der Waals surface area contributed by atoms with Gasteiger partial charge in [0.25, 0.3) is 5.89 Å². The van der Waals surface area contributed by atoms with E-state index in [1.807, 2.05) is 0 Å². The second-order valence-electron chi connectivity index (χ2n) is 2.83. The van der Waals surface area contributed by atoms with Crippen LogP contribution in [0.3, 0.4) is 0 Å². The molecule has 0 saturated heterocycles. The fraction of sp³-hybridized carbons (Fsp3) is 0.714. The molecule has 1 aromatic heterocycles. The first kappa shape index (κ1) is 6.79. The van der Waals surface area contributed by atoms with E-state index in [4.69, 9.17) is 9.63 Å². The van der Waals surface area contributed by atoms with Crippen LogP contribution in [0.2, 0.25) is 0 Å². The Labute approximate surface area is 64.2 Å². The number of aliphatic hydroxyl groups excluding tert-OH is 1. The topological polar surface area (TPSA) is 59.2 Å². The average Bonchev–Trinajstić information content (AvgIpc) is 2.32. The number of hydrogen-bond donors (Lipinski definition) is 1. The first-order valence-corrected chi connectivity index (χ1v) is 3.83. The molecule has 0 aliphatic heterocycles. The Bertz CT molecular complexity index is 242. The van der Waals surface area contributed by atoms with Crippen molar-refractivity contribution in [3.05, 3.63) is 11.7 Å². The van der Waals surface area contributed by atoms with Gasteiger partial charge in [-0.2, -0.15) is 4.98 Å². The van der Waals surface area contributed by atoms with E-state index in [-0.39, 0.29) is 6.61 Å². The Morgan fingerprint density at radius 3 is 2.82 bits per heavy atom. The third kappa shape index (κ3) is 1.14. The lowest BCUT2D eigenvalue weighted by atomic mass is 9.85. The lowest BCUT2D eigenvalue weighted by Crippen LogP contribution is -2.10. The standard InChI is InChI=1S/C7H10N2O2/c10-4-6-8-7(9-11-6)5-2-1-3-5/h5,10H,1-4H2. The molecule has 0 atom stereocenters. The van der Waals surface area contributed by atoms with Crippen molar-refractivity contribution >= 4 is 0 Å². The van der Waals surface area contributed by atoms with Crippen molar-refractivity contribution in [3.63, 3.8) is 0 Å². The van der Waals surface area contributed by atoms with E-state index in [2.05, 4.69) is 10.1 Å². The Kier molecular flexibility index (Phi) is 1.62. The van der Waals surface area contributed by atoms with Crippen molar-refractivity contribution in [2.45, 2.75) is 31.8 Å². The van der Waals surface area contributed by atoms with Gasteiger partial charge in [-0.25, -0.2) is 0 Å². The lowest BCUT2D eigenvalue weighted by molar-refractivity contribution is 0.222. The second-order valence-corrected chi connectivity index (χ2v) is 2.83. The van der Waals surface area contributed by atoms with Gasteiger partial charge >= 0.3 is 0 Å². The quantitative estimate of drug-likeness (QED) is 0.685. The van der Waals surface area contributed by atoms with E-state index in [0.29, 0.717) is 11.8 Å². The molecule has 1 heterocycles. The van der Waals surface area contributed by atoms with E-state index in [1.165, 1.54) is 6.42 Å². The molecule has 0 bridgehead atoms. The highest BCUT2D eigenvalue weighted by Gasteiger charge is 2.24. The largest absolute Gasteiger partial charge is 0.387 e. The van der Waals surface area contributed by atoms with Crippen LogP contribution in [0.25, 0.3) is 0 Å². The average molecular weight is 154 g/mol. The van der Waals surface area contributed by atoms with Gasteiger partial charge in [0.05, 0.1) is 0 Å². The zero-order chi connectivity index (χ0) is 7.68. The Hall–Kier alpha value is -0.900. The first-order chi connectivity index (χ1) is 5.40. The number of nitrogens with zero attached hydrogens (tertiary/aromatic N) is 2. The van der Waals surface area contributed by atoms with Gasteiger partial charge < -0.3 is 9.63 Å². The molecular weight excluding hydrogens is 144 g/mol. The van der Waals surface area contributed by atoms with E-state index in [9.17, 15) is 0 Å². The van der Waals surface area contributed by atoms with Gasteiger partial charge in [0.1, 0.15) is 6.61 Å². The summed E-state index contributed by atoms with van der Waals surface area (Å²) in [4.78, 5) is 4.02. The second kappa shape index (κ2) is 2.62. The van der Waals surface area contributed by atoms with Gasteiger partial charge in [-0.05, 0) is 12.8 Å². The lowest BCUT2D eigenvalue weighted by Gasteiger charge is -2.20. The molecule has 0 aromatic carbocycles. The highest BCUT2D eigenvalue weighted by atomic mass is 16.5. The maximum atomic E-state index is 8.63. The molecular formula is C7H10N2O2. The van der Waals surface area contributed by atoms with Crippen LogP contribution in [0.15, 0.2) is 4.52 Å². The zero-order valence-electron chi connectivity index (χ0n) is 6.16. The number of rotatable bonds is 2. The third-order valence-corrected chi connectivity index (χ3v) is 2.09. The maximum absolute atomic E-state index is 8.63. The maximum Gasteiger partial charge on any atom is 0.252 e. The van der Waals surface area contributed by atoms with Crippen molar-refractivity contribution in [3.8, 4) is 0 Å². The minimum Gasteiger partial charge on any atom is -0.387 e. The molecule has 1 N–H and O–H groups in total. The summed E-state index contributed by atoms with van der Waals surface area (Å²) in [6.07, 6.45) is 3.57. The Morgan fingerprint density at radius 1 is 1.55 bits per heavy atom. The summed E-state index contributed by atoms with van der Waals surface area (Å²) in [5, 5.41) is 12.4. The summed E-state index contributed by atoms with van der Waals surface area (Å²) in [5.41, 5.74) is 0. The molecule has 1 saturated carbocycles. The summed E-state index contributed by atoms with van der Waals surface area (Å²) >= 11 is 0. The smallest absolute Gasteiger partial charge is 0.252 e. The van der Waals surface area contributed by atoms with Crippen molar-refractivity contribution < 1.29 is 9.63 Å². The highest BCUT2D eigenvalue weighted by molar-refractivity contribution is 4.99. The molecule has 2 rings (SSSR count). The number of hydrogen-bond acceptors (Lipinski definition) is 4. The van der Waals surface area contributed by atoms with E-state index >= 15 is 0 Å². The van der Waals surface area contributed by atoms with Gasteiger partial charge in [-0.15, -0.1) is 0 Å². The van der Waals surface area contributed by atoms with E-state index in [0.717, 1.165) is 18.7 Å². The van der Waals surface area contributed by atoms with Crippen molar-refractivity contribution in [2.24, 2.45) is 0 Å². The molecule has 1 fully saturated rings. The molecule has 4 nitrogen and oxygen atoms in total. The van der Waals surface area contributed by atoms with Crippen LogP contribution in [0.4, 0.5) is 0 Å². The molecule has 0 spiro atoms. The van der Waals surface area contributed by atoms with Gasteiger partial charge in [-0.1, -0.05) is 11.6 Å². The van der Waals surface area contributed by atoms with Crippen molar-refractivity contribution in [1.29, 1.82) is 0 Å². The Morgan fingerprint density at radius 2 is 2.36 bits per heavy atom. The van der Waals surface area contributed by atoms with E-state index in [1.54, 1.807) is 0 Å². The molecule has 0 unspecified atom stereocenters. The molecule has 60 valence electrons. The van der Waals surface area contributed by atoms with Crippen LogP contribution < -0.4 is 0 Å². The third-order valence-electron chi connectivity index (χ3n) is 2.09. The van der Waals surface area contributed by atoms with Crippen LogP contribution in [0.5, 0.6) is 0 Å². The fourth-order valence-electron chi connectivity index (χ4n) is 1.16. The van der Waals surface area contributed by atoms with Gasteiger partial charge in [0, 0.05) is 5.92 Å². The van der Waals surface area contributed by atoms with Crippen LogP contribution in [0, 0.1) is 0 Å². The molecule has 0 radical (unpaired) electrons. The molecule has 11 heavy (non-hydrogen) atoms.